The maximum Gasteiger partial charge on any atom is 0.303 e. The third-order valence-electron chi connectivity index (χ3n) is 3.58. The Kier molecular flexibility index (Phi) is 4.61. The molecule has 0 saturated heterocycles. The number of hydrogen-bond acceptors (Lipinski definition) is 3. The van der Waals surface area contributed by atoms with Gasteiger partial charge in [0.1, 0.15) is 0 Å². The molecule has 1 N–H and O–H groups in total. The Morgan fingerprint density at radius 3 is 2.45 bits per heavy atom. The quantitative estimate of drug-likeness (QED) is 0.837. The predicted octanol–water partition coefficient (Wildman–Crippen LogP) is 2.11. The van der Waals surface area contributed by atoms with E-state index in [9.17, 15) is 9.59 Å². The first-order chi connectivity index (χ1) is 9.59. The van der Waals surface area contributed by atoms with E-state index in [0.717, 1.165) is 17.9 Å². The second-order valence-electron chi connectivity index (χ2n) is 5.06. The van der Waals surface area contributed by atoms with Crippen LogP contribution in [-0.4, -0.2) is 37.1 Å². The zero-order valence-electron chi connectivity index (χ0n) is 11.7. The first-order valence-electron chi connectivity index (χ1n) is 6.92. The monoisotopic (exact) mass is 276 g/mol. The Morgan fingerprint density at radius 2 is 1.75 bits per heavy atom. The zero-order valence-corrected chi connectivity index (χ0v) is 11.7. The van der Waals surface area contributed by atoms with E-state index in [4.69, 9.17) is 5.11 Å². The van der Waals surface area contributed by atoms with Crippen LogP contribution in [0.4, 0.5) is 11.4 Å². The lowest BCUT2D eigenvalue weighted by molar-refractivity contribution is -0.137. The molecule has 1 amide bonds. The molecule has 0 spiro atoms. The van der Waals surface area contributed by atoms with Crippen molar-refractivity contribution in [1.82, 2.24) is 0 Å². The van der Waals surface area contributed by atoms with Crippen LogP contribution in [0.3, 0.4) is 0 Å². The molecule has 1 aromatic rings. The maximum atomic E-state index is 12.3. The van der Waals surface area contributed by atoms with Crippen LogP contribution < -0.4 is 9.80 Å². The molecular formula is C15H20N2O3. The van der Waals surface area contributed by atoms with E-state index >= 15 is 0 Å². The van der Waals surface area contributed by atoms with Gasteiger partial charge in [-0.05, 0) is 25.0 Å². The van der Waals surface area contributed by atoms with Crippen molar-refractivity contribution in [3.05, 3.63) is 24.3 Å². The number of rotatable bonds is 5. The highest BCUT2D eigenvalue weighted by atomic mass is 16.4. The van der Waals surface area contributed by atoms with Gasteiger partial charge in [-0.15, -0.1) is 0 Å². The van der Waals surface area contributed by atoms with Gasteiger partial charge in [0.15, 0.2) is 0 Å². The van der Waals surface area contributed by atoms with Gasteiger partial charge in [0, 0.05) is 33.0 Å². The largest absolute Gasteiger partial charge is 0.481 e. The number of nitrogens with zero attached hydrogens (tertiary/aromatic N) is 2. The SMILES string of the molecule is CN1CCN(C(=O)CCCCC(=O)O)c2ccccc21. The lowest BCUT2D eigenvalue weighted by Gasteiger charge is -2.35. The molecule has 0 unspecified atom stereocenters. The van der Waals surface area contributed by atoms with Crippen LogP contribution >= 0.6 is 0 Å². The van der Waals surface area contributed by atoms with Crippen molar-refractivity contribution >= 4 is 23.3 Å². The number of aliphatic carboxylic acids is 1. The summed E-state index contributed by atoms with van der Waals surface area (Å²) in [7, 11) is 2.02. The van der Waals surface area contributed by atoms with E-state index in [2.05, 4.69) is 4.90 Å². The van der Waals surface area contributed by atoms with Gasteiger partial charge in [-0.3, -0.25) is 9.59 Å². The van der Waals surface area contributed by atoms with E-state index < -0.39 is 5.97 Å². The third-order valence-corrected chi connectivity index (χ3v) is 3.58. The van der Waals surface area contributed by atoms with Crippen molar-refractivity contribution in [3.8, 4) is 0 Å². The number of fused-ring (bicyclic) bond motifs is 1. The average molecular weight is 276 g/mol. The van der Waals surface area contributed by atoms with Crippen LogP contribution in [-0.2, 0) is 9.59 Å². The molecule has 5 nitrogen and oxygen atoms in total. The summed E-state index contributed by atoms with van der Waals surface area (Å²) in [5.41, 5.74) is 2.02. The second-order valence-corrected chi connectivity index (χ2v) is 5.06. The average Bonchev–Trinajstić information content (AvgIpc) is 2.44. The first-order valence-corrected chi connectivity index (χ1v) is 6.92. The summed E-state index contributed by atoms with van der Waals surface area (Å²) in [6.07, 6.45) is 1.72. The van der Waals surface area contributed by atoms with Gasteiger partial charge in [-0.25, -0.2) is 0 Å². The van der Waals surface area contributed by atoms with Crippen molar-refractivity contribution in [2.45, 2.75) is 25.7 Å². The predicted molar refractivity (Wildman–Crippen MR) is 78.2 cm³/mol. The summed E-state index contributed by atoms with van der Waals surface area (Å²) < 4.78 is 0. The Bertz CT molecular complexity index is 502. The molecule has 1 heterocycles. The molecule has 2 rings (SSSR count). The van der Waals surface area contributed by atoms with Crippen LogP contribution in [0.15, 0.2) is 24.3 Å². The topological polar surface area (TPSA) is 60.9 Å². The molecule has 0 fully saturated rings. The molecule has 5 heteroatoms. The minimum absolute atomic E-state index is 0.0796. The molecule has 108 valence electrons. The van der Waals surface area contributed by atoms with Gasteiger partial charge in [0.05, 0.1) is 11.4 Å². The summed E-state index contributed by atoms with van der Waals surface area (Å²) >= 11 is 0. The number of carboxylic acids is 1. The normalized spacial score (nSPS) is 14.1. The van der Waals surface area contributed by atoms with E-state index in [1.807, 2.05) is 36.2 Å². The summed E-state index contributed by atoms with van der Waals surface area (Å²) in [5, 5.41) is 8.59. The summed E-state index contributed by atoms with van der Waals surface area (Å²) in [6, 6.07) is 7.87. The highest BCUT2D eigenvalue weighted by molar-refractivity contribution is 5.97. The fourth-order valence-corrected chi connectivity index (χ4v) is 2.45. The van der Waals surface area contributed by atoms with Crippen molar-refractivity contribution < 1.29 is 14.7 Å². The molecule has 1 aliphatic heterocycles. The first kappa shape index (κ1) is 14.4. The van der Waals surface area contributed by atoms with E-state index in [1.54, 1.807) is 0 Å². The van der Waals surface area contributed by atoms with Crippen molar-refractivity contribution in [1.29, 1.82) is 0 Å². The number of para-hydroxylation sites is 2. The number of carboxylic acid groups (broad SMARTS) is 1. The fourth-order valence-electron chi connectivity index (χ4n) is 2.45. The minimum atomic E-state index is -0.803. The molecule has 0 aromatic heterocycles. The summed E-state index contributed by atoms with van der Waals surface area (Å²) in [4.78, 5) is 26.7. The number of likely N-dealkylation sites (N-methyl/N-ethyl adjacent to an activating group) is 1. The lowest BCUT2D eigenvalue weighted by atomic mass is 10.1. The van der Waals surface area contributed by atoms with Gasteiger partial charge >= 0.3 is 5.97 Å². The second kappa shape index (κ2) is 6.41. The number of hydrogen-bond donors (Lipinski definition) is 1. The van der Waals surface area contributed by atoms with Crippen molar-refractivity contribution in [2.24, 2.45) is 0 Å². The van der Waals surface area contributed by atoms with Crippen LogP contribution in [0, 0.1) is 0 Å². The number of carbonyl (C=O) groups excluding carboxylic acids is 1. The third kappa shape index (κ3) is 3.29. The van der Waals surface area contributed by atoms with Crippen LogP contribution in [0.5, 0.6) is 0 Å². The molecule has 0 radical (unpaired) electrons. The summed E-state index contributed by atoms with van der Waals surface area (Å²) in [6.45, 7) is 1.50. The van der Waals surface area contributed by atoms with E-state index in [1.165, 1.54) is 0 Å². The standard InChI is InChI=1S/C15H20N2O3/c1-16-10-11-17(13-7-3-2-6-12(13)16)14(18)8-4-5-9-15(19)20/h2-3,6-7H,4-5,8-11H2,1H3,(H,19,20). The molecule has 0 saturated carbocycles. The fraction of sp³-hybridized carbons (Fsp3) is 0.467. The van der Waals surface area contributed by atoms with Gasteiger partial charge in [-0.2, -0.15) is 0 Å². The van der Waals surface area contributed by atoms with Gasteiger partial charge in [-0.1, -0.05) is 12.1 Å². The smallest absolute Gasteiger partial charge is 0.303 e. The molecule has 0 atom stereocenters. The van der Waals surface area contributed by atoms with Gasteiger partial charge < -0.3 is 14.9 Å². The molecule has 1 aromatic carbocycles. The number of carbonyl (C=O) groups is 2. The van der Waals surface area contributed by atoms with Gasteiger partial charge in [0.2, 0.25) is 5.91 Å². The van der Waals surface area contributed by atoms with Crippen molar-refractivity contribution in [2.75, 3.05) is 29.9 Å². The number of amides is 1. The number of benzene rings is 1. The van der Waals surface area contributed by atoms with Crippen LogP contribution in [0.2, 0.25) is 0 Å². The Morgan fingerprint density at radius 1 is 1.10 bits per heavy atom. The summed E-state index contributed by atoms with van der Waals surface area (Å²) in [5.74, 6) is -0.724. The highest BCUT2D eigenvalue weighted by Gasteiger charge is 2.24. The molecule has 0 bridgehead atoms. The van der Waals surface area contributed by atoms with Crippen LogP contribution in [0.1, 0.15) is 25.7 Å². The van der Waals surface area contributed by atoms with Crippen molar-refractivity contribution in [3.63, 3.8) is 0 Å². The highest BCUT2D eigenvalue weighted by Crippen LogP contribution is 2.32. The molecular weight excluding hydrogens is 256 g/mol. The van der Waals surface area contributed by atoms with Gasteiger partial charge in [0.25, 0.3) is 0 Å². The minimum Gasteiger partial charge on any atom is -0.481 e. The molecule has 20 heavy (non-hydrogen) atoms. The lowest BCUT2D eigenvalue weighted by Crippen LogP contribution is -2.42. The number of unbranched alkanes of at least 4 members (excludes halogenated alkanes) is 1. The Balaban J connectivity index is 1.97. The van der Waals surface area contributed by atoms with E-state index in [0.29, 0.717) is 25.8 Å². The molecule has 1 aliphatic rings. The van der Waals surface area contributed by atoms with E-state index in [-0.39, 0.29) is 12.3 Å². The molecule has 0 aliphatic carbocycles. The Hall–Kier alpha value is -2.04. The number of anilines is 2. The zero-order chi connectivity index (χ0) is 14.5. The van der Waals surface area contributed by atoms with Crippen LogP contribution in [0.25, 0.3) is 0 Å². The maximum absolute atomic E-state index is 12.3. The Labute approximate surface area is 118 Å².